The number of hydrogen-bond acceptors (Lipinski definition) is 4. The lowest BCUT2D eigenvalue weighted by atomic mass is 10.0. The number of alkyl halides is 1. The lowest BCUT2D eigenvalue weighted by molar-refractivity contribution is 0.110. The second-order valence-corrected chi connectivity index (χ2v) is 5.19. The highest BCUT2D eigenvalue weighted by atomic mass is 35.5. The molecule has 0 aliphatic carbocycles. The lowest BCUT2D eigenvalue weighted by Gasteiger charge is -2.09. The molecule has 1 fully saturated rings. The number of benzene rings is 1. The van der Waals surface area contributed by atoms with Crippen LogP contribution < -0.4 is 0 Å². The molecular weight excluding hydrogens is 287 g/mol. The van der Waals surface area contributed by atoms with Gasteiger partial charge in [0.1, 0.15) is 5.88 Å². The molecule has 6 heteroatoms. The van der Waals surface area contributed by atoms with E-state index >= 15 is 0 Å². The van der Waals surface area contributed by atoms with Gasteiger partial charge in [-0.05, 0) is 24.1 Å². The molecule has 0 radical (unpaired) electrons. The molecule has 1 aliphatic heterocycles. The molecule has 3 rings (SSSR count). The third kappa shape index (κ3) is 2.76. The van der Waals surface area contributed by atoms with Crippen molar-refractivity contribution in [1.29, 1.82) is 0 Å². The Labute approximate surface area is 120 Å². The molecule has 4 nitrogen and oxygen atoms in total. The van der Waals surface area contributed by atoms with Gasteiger partial charge in [-0.3, -0.25) is 0 Å². The van der Waals surface area contributed by atoms with Crippen molar-refractivity contribution in [2.24, 2.45) is 0 Å². The zero-order valence-electron chi connectivity index (χ0n) is 10.1. The molecule has 2 atom stereocenters. The molecule has 0 bridgehead atoms. The average Bonchev–Trinajstić information content (AvgIpc) is 3.08. The fourth-order valence-corrected chi connectivity index (χ4v) is 2.44. The zero-order chi connectivity index (χ0) is 13.2. The van der Waals surface area contributed by atoms with E-state index in [1.165, 1.54) is 0 Å². The monoisotopic (exact) mass is 298 g/mol. The van der Waals surface area contributed by atoms with Gasteiger partial charge in [-0.2, -0.15) is 4.98 Å². The highest BCUT2D eigenvalue weighted by Crippen LogP contribution is 2.37. The van der Waals surface area contributed by atoms with Crippen LogP contribution in [0, 0.1) is 0 Å². The minimum Gasteiger partial charge on any atom is -0.373 e. The number of ether oxygens (including phenoxy) is 1. The van der Waals surface area contributed by atoms with E-state index in [0.29, 0.717) is 18.3 Å². The van der Waals surface area contributed by atoms with Crippen molar-refractivity contribution < 1.29 is 9.26 Å². The molecule has 1 aliphatic rings. The molecule has 0 saturated carbocycles. The predicted octanol–water partition coefficient (Wildman–Crippen LogP) is 3.71. The first-order chi connectivity index (χ1) is 9.26. The lowest BCUT2D eigenvalue weighted by Crippen LogP contribution is -2.00. The number of aromatic nitrogens is 2. The molecule has 2 heterocycles. The molecular formula is C13H12Cl2N2O2. The maximum Gasteiger partial charge on any atom is 0.241 e. The smallest absolute Gasteiger partial charge is 0.241 e. The van der Waals surface area contributed by atoms with Gasteiger partial charge in [-0.15, -0.1) is 11.6 Å². The molecule has 0 N–H and O–H groups in total. The second-order valence-electron chi connectivity index (χ2n) is 4.49. The highest BCUT2D eigenvalue weighted by molar-refractivity contribution is 6.30. The Hall–Kier alpha value is -1.10. The molecule has 1 saturated heterocycles. The summed E-state index contributed by atoms with van der Waals surface area (Å²) < 4.78 is 10.8. The summed E-state index contributed by atoms with van der Waals surface area (Å²) in [7, 11) is 0. The topological polar surface area (TPSA) is 48.2 Å². The van der Waals surface area contributed by atoms with Crippen LogP contribution in [0.5, 0.6) is 0 Å². The molecule has 19 heavy (non-hydrogen) atoms. The third-order valence-corrected chi connectivity index (χ3v) is 3.68. The van der Waals surface area contributed by atoms with E-state index in [0.717, 1.165) is 17.0 Å². The molecule has 1 aromatic heterocycles. The van der Waals surface area contributed by atoms with E-state index in [9.17, 15) is 0 Å². The number of rotatable bonds is 3. The van der Waals surface area contributed by atoms with E-state index < -0.39 is 0 Å². The van der Waals surface area contributed by atoms with Crippen LogP contribution in [-0.2, 0) is 10.6 Å². The van der Waals surface area contributed by atoms with Crippen molar-refractivity contribution in [2.75, 3.05) is 6.61 Å². The van der Waals surface area contributed by atoms with Crippen LogP contribution >= 0.6 is 23.2 Å². The fourth-order valence-electron chi connectivity index (χ4n) is 2.20. The molecule has 2 aromatic rings. The Balaban J connectivity index is 1.71. The SMILES string of the molecule is ClCc1nc([C@H]2CO[C@H](c3ccc(Cl)cc3)C2)no1. The molecule has 100 valence electrons. The van der Waals surface area contributed by atoms with Crippen LogP contribution in [0.4, 0.5) is 0 Å². The zero-order valence-corrected chi connectivity index (χ0v) is 11.6. The summed E-state index contributed by atoms with van der Waals surface area (Å²) >= 11 is 11.5. The van der Waals surface area contributed by atoms with Gasteiger partial charge in [0.15, 0.2) is 5.82 Å². The van der Waals surface area contributed by atoms with Crippen LogP contribution in [0.15, 0.2) is 28.8 Å². The predicted molar refractivity (Wildman–Crippen MR) is 71.4 cm³/mol. The van der Waals surface area contributed by atoms with Gasteiger partial charge >= 0.3 is 0 Å². The first-order valence-electron chi connectivity index (χ1n) is 6.02. The van der Waals surface area contributed by atoms with Crippen LogP contribution in [0.25, 0.3) is 0 Å². The summed E-state index contributed by atoms with van der Waals surface area (Å²) in [5.74, 6) is 1.52. The van der Waals surface area contributed by atoms with Gasteiger partial charge in [0.2, 0.25) is 5.89 Å². The van der Waals surface area contributed by atoms with E-state index in [1.807, 2.05) is 24.3 Å². The first-order valence-corrected chi connectivity index (χ1v) is 6.93. The van der Waals surface area contributed by atoms with E-state index in [-0.39, 0.29) is 17.9 Å². The number of nitrogens with zero attached hydrogens (tertiary/aromatic N) is 2. The van der Waals surface area contributed by atoms with Crippen LogP contribution in [0.3, 0.4) is 0 Å². The Morgan fingerprint density at radius 2 is 2.05 bits per heavy atom. The van der Waals surface area contributed by atoms with Gasteiger partial charge in [0, 0.05) is 10.9 Å². The maximum atomic E-state index is 5.88. The molecule has 0 spiro atoms. The normalized spacial score (nSPS) is 22.8. The maximum absolute atomic E-state index is 5.88. The van der Waals surface area contributed by atoms with E-state index in [1.54, 1.807) is 0 Å². The highest BCUT2D eigenvalue weighted by Gasteiger charge is 2.31. The quantitative estimate of drug-likeness (QED) is 0.811. The fraction of sp³-hybridized carbons (Fsp3) is 0.385. The Bertz CT molecular complexity index is 556. The Morgan fingerprint density at radius 3 is 2.74 bits per heavy atom. The van der Waals surface area contributed by atoms with Crippen LogP contribution in [0.2, 0.25) is 5.02 Å². The van der Waals surface area contributed by atoms with Gasteiger partial charge in [-0.1, -0.05) is 28.9 Å². The van der Waals surface area contributed by atoms with Crippen molar-refractivity contribution >= 4 is 23.2 Å². The number of halogens is 2. The van der Waals surface area contributed by atoms with Gasteiger partial charge in [0.05, 0.1) is 12.7 Å². The van der Waals surface area contributed by atoms with Crippen molar-refractivity contribution in [1.82, 2.24) is 10.1 Å². The van der Waals surface area contributed by atoms with E-state index in [4.69, 9.17) is 32.5 Å². The summed E-state index contributed by atoms with van der Waals surface area (Å²) in [6.45, 7) is 0.592. The summed E-state index contributed by atoms with van der Waals surface area (Å²) in [5, 5.41) is 4.66. The largest absolute Gasteiger partial charge is 0.373 e. The minimum absolute atomic E-state index is 0.0558. The van der Waals surface area contributed by atoms with Crippen molar-refractivity contribution in [2.45, 2.75) is 24.3 Å². The van der Waals surface area contributed by atoms with Gasteiger partial charge in [0.25, 0.3) is 0 Å². The average molecular weight is 299 g/mol. The van der Waals surface area contributed by atoms with Crippen LogP contribution in [-0.4, -0.2) is 16.7 Å². The standard InChI is InChI=1S/C13H12Cl2N2O2/c14-6-12-16-13(17-19-12)9-5-11(18-7-9)8-1-3-10(15)4-2-8/h1-4,9,11H,5-7H2/t9-,11+/m1/s1. The van der Waals surface area contributed by atoms with E-state index in [2.05, 4.69) is 10.1 Å². The van der Waals surface area contributed by atoms with Gasteiger partial charge in [-0.25, -0.2) is 0 Å². The van der Waals surface area contributed by atoms with Crippen molar-refractivity contribution in [3.63, 3.8) is 0 Å². The van der Waals surface area contributed by atoms with Crippen molar-refractivity contribution in [3.05, 3.63) is 46.6 Å². The Kier molecular flexibility index (Phi) is 3.73. The molecule has 0 unspecified atom stereocenters. The number of hydrogen-bond donors (Lipinski definition) is 0. The minimum atomic E-state index is 0.0558. The Morgan fingerprint density at radius 1 is 1.26 bits per heavy atom. The van der Waals surface area contributed by atoms with Crippen LogP contribution in [0.1, 0.15) is 35.7 Å². The van der Waals surface area contributed by atoms with Gasteiger partial charge < -0.3 is 9.26 Å². The second kappa shape index (κ2) is 5.49. The third-order valence-electron chi connectivity index (χ3n) is 3.20. The first kappa shape index (κ1) is 12.9. The molecule has 1 aromatic carbocycles. The summed E-state index contributed by atoms with van der Waals surface area (Å²) in [6, 6.07) is 7.70. The summed E-state index contributed by atoms with van der Waals surface area (Å²) in [4.78, 5) is 4.24. The summed E-state index contributed by atoms with van der Waals surface area (Å²) in [5.41, 5.74) is 1.12. The summed E-state index contributed by atoms with van der Waals surface area (Å²) in [6.07, 6.45) is 0.892. The molecule has 0 amide bonds. The van der Waals surface area contributed by atoms with Crippen molar-refractivity contribution in [3.8, 4) is 0 Å².